The molecule has 0 unspecified atom stereocenters. The van der Waals surface area contributed by atoms with Crippen LogP contribution < -0.4 is 11.1 Å². The highest BCUT2D eigenvalue weighted by Crippen LogP contribution is 2.14. The second kappa shape index (κ2) is 6.19. The fourth-order valence-electron chi connectivity index (χ4n) is 1.97. The van der Waals surface area contributed by atoms with Crippen LogP contribution in [0.15, 0.2) is 42.5 Å². The predicted molar refractivity (Wildman–Crippen MR) is 78.9 cm³/mol. The van der Waals surface area contributed by atoms with E-state index >= 15 is 0 Å². The topological polar surface area (TPSA) is 55.1 Å². The Bertz CT molecular complexity index is 588. The van der Waals surface area contributed by atoms with Crippen LogP contribution in [0.5, 0.6) is 0 Å². The predicted octanol–water partition coefficient (Wildman–Crippen LogP) is 3.29. The molecule has 4 heteroatoms. The molecule has 0 aliphatic heterocycles. The zero-order chi connectivity index (χ0) is 14.5. The summed E-state index contributed by atoms with van der Waals surface area (Å²) in [5, 5.41) is 2.70. The van der Waals surface area contributed by atoms with E-state index in [4.69, 9.17) is 5.73 Å². The van der Waals surface area contributed by atoms with Crippen LogP contribution in [0.4, 0.5) is 15.8 Å². The van der Waals surface area contributed by atoms with Crippen molar-refractivity contribution in [1.29, 1.82) is 0 Å². The van der Waals surface area contributed by atoms with E-state index in [1.54, 1.807) is 13.0 Å². The van der Waals surface area contributed by atoms with E-state index in [9.17, 15) is 9.18 Å². The first-order valence-corrected chi connectivity index (χ1v) is 6.44. The highest BCUT2D eigenvalue weighted by atomic mass is 19.1. The fraction of sp³-hybridized carbons (Fsp3) is 0.188. The number of nitrogens with two attached hydrogens (primary N) is 1. The summed E-state index contributed by atoms with van der Waals surface area (Å²) >= 11 is 0. The molecule has 0 fully saturated rings. The van der Waals surface area contributed by atoms with Crippen molar-refractivity contribution in [3.63, 3.8) is 0 Å². The number of nitrogen functional groups attached to an aromatic ring is 1. The van der Waals surface area contributed by atoms with Gasteiger partial charge in [0.25, 0.3) is 0 Å². The summed E-state index contributed by atoms with van der Waals surface area (Å²) in [7, 11) is 0. The van der Waals surface area contributed by atoms with Gasteiger partial charge in [-0.15, -0.1) is 0 Å². The third-order valence-corrected chi connectivity index (χ3v) is 2.95. The summed E-state index contributed by atoms with van der Waals surface area (Å²) in [6.07, 6.45) is 0.972. The molecule has 104 valence electrons. The lowest BCUT2D eigenvalue weighted by Crippen LogP contribution is -2.12. The standard InChI is InChI=1S/C16H17FN2O/c1-11-8-13(17)10-15(9-11)19-16(20)7-4-12-2-5-14(18)6-3-12/h2-3,5-6,8-10H,4,7,18H2,1H3,(H,19,20). The lowest BCUT2D eigenvalue weighted by atomic mass is 10.1. The lowest BCUT2D eigenvalue weighted by Gasteiger charge is -2.07. The lowest BCUT2D eigenvalue weighted by molar-refractivity contribution is -0.116. The molecule has 0 saturated heterocycles. The molecule has 0 radical (unpaired) electrons. The Hall–Kier alpha value is -2.36. The van der Waals surface area contributed by atoms with Crippen molar-refractivity contribution in [2.24, 2.45) is 0 Å². The van der Waals surface area contributed by atoms with Crippen molar-refractivity contribution in [1.82, 2.24) is 0 Å². The molecule has 0 saturated carbocycles. The molecule has 2 aromatic rings. The van der Waals surface area contributed by atoms with Gasteiger partial charge in [0.1, 0.15) is 5.82 Å². The maximum Gasteiger partial charge on any atom is 0.224 e. The molecule has 3 N–H and O–H groups in total. The second-order valence-corrected chi connectivity index (χ2v) is 4.81. The van der Waals surface area contributed by atoms with E-state index in [0.717, 1.165) is 11.1 Å². The first-order chi connectivity index (χ1) is 9.52. The quantitative estimate of drug-likeness (QED) is 0.839. The molecule has 0 aromatic heterocycles. The third kappa shape index (κ3) is 4.09. The Labute approximate surface area is 117 Å². The highest BCUT2D eigenvalue weighted by molar-refractivity contribution is 5.90. The molecule has 2 rings (SSSR count). The number of benzene rings is 2. The molecule has 1 amide bonds. The number of aryl methyl sites for hydroxylation is 2. The monoisotopic (exact) mass is 272 g/mol. The van der Waals surface area contributed by atoms with E-state index in [0.29, 0.717) is 24.2 Å². The van der Waals surface area contributed by atoms with Gasteiger partial charge in [0.05, 0.1) is 0 Å². The van der Waals surface area contributed by atoms with Gasteiger partial charge in [-0.3, -0.25) is 4.79 Å². The molecule has 0 heterocycles. The van der Waals surface area contributed by atoms with Crippen molar-refractivity contribution >= 4 is 17.3 Å². The van der Waals surface area contributed by atoms with Gasteiger partial charge in [-0.1, -0.05) is 12.1 Å². The van der Waals surface area contributed by atoms with Crippen LogP contribution in [0.1, 0.15) is 17.5 Å². The molecule has 0 aliphatic rings. The zero-order valence-electron chi connectivity index (χ0n) is 11.3. The minimum Gasteiger partial charge on any atom is -0.399 e. The molecule has 0 aliphatic carbocycles. The normalized spacial score (nSPS) is 10.3. The van der Waals surface area contributed by atoms with Gasteiger partial charge < -0.3 is 11.1 Å². The summed E-state index contributed by atoms with van der Waals surface area (Å²) in [5.41, 5.74) is 8.61. The summed E-state index contributed by atoms with van der Waals surface area (Å²) in [6, 6.07) is 11.9. The van der Waals surface area contributed by atoms with Gasteiger partial charge in [0.2, 0.25) is 5.91 Å². The Kier molecular flexibility index (Phi) is 4.35. The molecule has 20 heavy (non-hydrogen) atoms. The number of carbonyl (C=O) groups excluding carboxylic acids is 1. The van der Waals surface area contributed by atoms with Crippen LogP contribution in [-0.4, -0.2) is 5.91 Å². The first-order valence-electron chi connectivity index (χ1n) is 6.44. The number of halogens is 1. The van der Waals surface area contributed by atoms with Crippen LogP contribution in [0, 0.1) is 12.7 Å². The van der Waals surface area contributed by atoms with Crippen LogP contribution in [0.2, 0.25) is 0 Å². The number of amides is 1. The Morgan fingerprint density at radius 3 is 2.55 bits per heavy atom. The maximum absolute atomic E-state index is 13.2. The number of anilines is 2. The SMILES string of the molecule is Cc1cc(F)cc(NC(=O)CCc2ccc(N)cc2)c1. The third-order valence-electron chi connectivity index (χ3n) is 2.95. The summed E-state index contributed by atoms with van der Waals surface area (Å²) in [5.74, 6) is -0.481. The van der Waals surface area contributed by atoms with Gasteiger partial charge in [-0.25, -0.2) is 4.39 Å². The smallest absolute Gasteiger partial charge is 0.224 e. The molecular formula is C16H17FN2O. The fourth-order valence-corrected chi connectivity index (χ4v) is 1.97. The second-order valence-electron chi connectivity index (χ2n) is 4.81. The molecular weight excluding hydrogens is 255 g/mol. The van der Waals surface area contributed by atoms with E-state index in [1.807, 2.05) is 24.3 Å². The van der Waals surface area contributed by atoms with Crippen molar-refractivity contribution in [2.75, 3.05) is 11.1 Å². The number of carbonyl (C=O) groups is 1. The Morgan fingerprint density at radius 2 is 1.90 bits per heavy atom. The number of rotatable bonds is 4. The van der Waals surface area contributed by atoms with Gasteiger partial charge in [0.15, 0.2) is 0 Å². The van der Waals surface area contributed by atoms with Crippen molar-refractivity contribution < 1.29 is 9.18 Å². The number of hydrogen-bond donors (Lipinski definition) is 2. The Balaban J connectivity index is 1.90. The minimum absolute atomic E-state index is 0.133. The molecule has 2 aromatic carbocycles. The maximum atomic E-state index is 13.2. The van der Waals surface area contributed by atoms with Crippen molar-refractivity contribution in [3.05, 3.63) is 59.4 Å². The van der Waals surface area contributed by atoms with Crippen LogP contribution in [0.25, 0.3) is 0 Å². The average molecular weight is 272 g/mol. The van der Waals surface area contributed by atoms with E-state index in [2.05, 4.69) is 5.32 Å². The van der Waals surface area contributed by atoms with Crippen LogP contribution in [0.3, 0.4) is 0 Å². The van der Waals surface area contributed by atoms with E-state index in [1.165, 1.54) is 12.1 Å². The van der Waals surface area contributed by atoms with E-state index < -0.39 is 0 Å². The average Bonchev–Trinajstić information content (AvgIpc) is 2.37. The summed E-state index contributed by atoms with van der Waals surface area (Å²) in [4.78, 5) is 11.8. The zero-order valence-corrected chi connectivity index (χ0v) is 11.3. The van der Waals surface area contributed by atoms with Crippen molar-refractivity contribution in [2.45, 2.75) is 19.8 Å². The Morgan fingerprint density at radius 1 is 1.20 bits per heavy atom. The molecule has 0 atom stereocenters. The largest absolute Gasteiger partial charge is 0.399 e. The van der Waals surface area contributed by atoms with Crippen LogP contribution in [-0.2, 0) is 11.2 Å². The van der Waals surface area contributed by atoms with Crippen molar-refractivity contribution in [3.8, 4) is 0 Å². The van der Waals surface area contributed by atoms with Crippen LogP contribution >= 0.6 is 0 Å². The minimum atomic E-state index is -0.348. The highest BCUT2D eigenvalue weighted by Gasteiger charge is 2.05. The molecule has 0 bridgehead atoms. The van der Waals surface area contributed by atoms with Gasteiger partial charge >= 0.3 is 0 Å². The molecule has 3 nitrogen and oxygen atoms in total. The number of hydrogen-bond acceptors (Lipinski definition) is 2. The summed E-state index contributed by atoms with van der Waals surface area (Å²) in [6.45, 7) is 1.78. The first kappa shape index (κ1) is 14.1. The van der Waals surface area contributed by atoms with Gasteiger partial charge in [0, 0.05) is 17.8 Å². The molecule has 0 spiro atoms. The van der Waals surface area contributed by atoms with Gasteiger partial charge in [-0.2, -0.15) is 0 Å². The summed E-state index contributed by atoms with van der Waals surface area (Å²) < 4.78 is 13.2. The van der Waals surface area contributed by atoms with E-state index in [-0.39, 0.29) is 11.7 Å². The van der Waals surface area contributed by atoms with Gasteiger partial charge in [-0.05, 0) is 54.8 Å². The number of nitrogens with one attached hydrogen (secondary N) is 1.